The van der Waals surface area contributed by atoms with Crippen LogP contribution >= 0.6 is 0 Å². The van der Waals surface area contributed by atoms with Gasteiger partial charge in [0.05, 0.1) is 13.1 Å². The molecule has 0 unspecified atom stereocenters. The quantitative estimate of drug-likeness (QED) is 0.910. The molecule has 116 valence electrons. The van der Waals surface area contributed by atoms with E-state index in [0.717, 1.165) is 5.56 Å². The van der Waals surface area contributed by atoms with Crippen molar-refractivity contribution in [2.45, 2.75) is 51.7 Å². The maximum atomic E-state index is 11.9. The van der Waals surface area contributed by atoms with Gasteiger partial charge in [0.2, 0.25) is 0 Å². The Labute approximate surface area is 126 Å². The van der Waals surface area contributed by atoms with Gasteiger partial charge in [-0.05, 0) is 37.8 Å². The molecule has 4 heteroatoms. The summed E-state index contributed by atoms with van der Waals surface area (Å²) in [5, 5.41) is 10.6. The lowest BCUT2D eigenvalue weighted by Crippen LogP contribution is -2.61. The molecule has 2 rings (SSSR count). The van der Waals surface area contributed by atoms with Crippen molar-refractivity contribution >= 4 is 6.09 Å². The van der Waals surface area contributed by atoms with Crippen LogP contribution in [0.5, 0.6) is 0 Å². The third kappa shape index (κ3) is 3.56. The van der Waals surface area contributed by atoms with E-state index in [1.54, 1.807) is 0 Å². The van der Waals surface area contributed by atoms with Crippen LogP contribution in [0.2, 0.25) is 0 Å². The Morgan fingerprint density at radius 1 is 1.24 bits per heavy atom. The third-order valence-corrected chi connectivity index (χ3v) is 3.67. The number of carbonyl (C=O) groups is 1. The van der Waals surface area contributed by atoms with Gasteiger partial charge < -0.3 is 14.7 Å². The van der Waals surface area contributed by atoms with Crippen molar-refractivity contribution in [3.63, 3.8) is 0 Å². The van der Waals surface area contributed by atoms with Gasteiger partial charge in [-0.2, -0.15) is 0 Å². The van der Waals surface area contributed by atoms with Crippen molar-refractivity contribution < 1.29 is 14.6 Å². The largest absolute Gasteiger partial charge is 0.444 e. The third-order valence-electron chi connectivity index (χ3n) is 3.67. The summed E-state index contributed by atoms with van der Waals surface area (Å²) in [4.78, 5) is 13.4. The number of rotatable bonds is 2. The van der Waals surface area contributed by atoms with Crippen molar-refractivity contribution in [1.29, 1.82) is 0 Å². The topological polar surface area (TPSA) is 49.8 Å². The normalized spacial score (nSPS) is 17.6. The number of hydrogen-bond donors (Lipinski definition) is 1. The Balaban J connectivity index is 1.99. The lowest BCUT2D eigenvalue weighted by atomic mass is 9.85. The number of benzene rings is 1. The maximum Gasteiger partial charge on any atom is 0.410 e. The standard InChI is InChI=1S/C17H25NO3/c1-12(2)13-6-8-14(9-7-13)17(20)10-18(11-17)15(19)21-16(3,4)5/h6-9,12,20H,10-11H2,1-5H3. The van der Waals surface area contributed by atoms with E-state index in [2.05, 4.69) is 13.8 Å². The molecule has 1 aromatic rings. The second-order valence-corrected chi connectivity index (χ2v) is 7.14. The van der Waals surface area contributed by atoms with Crippen LogP contribution in [0.3, 0.4) is 0 Å². The van der Waals surface area contributed by atoms with Gasteiger partial charge in [-0.15, -0.1) is 0 Å². The smallest absolute Gasteiger partial charge is 0.410 e. The van der Waals surface area contributed by atoms with E-state index in [1.165, 1.54) is 10.5 Å². The van der Waals surface area contributed by atoms with Crippen molar-refractivity contribution in [2.75, 3.05) is 13.1 Å². The monoisotopic (exact) mass is 291 g/mol. The number of amides is 1. The molecule has 0 bridgehead atoms. The minimum Gasteiger partial charge on any atom is -0.444 e. The molecule has 1 N–H and O–H groups in total. The lowest BCUT2D eigenvalue weighted by molar-refractivity contribution is -0.103. The molecule has 0 radical (unpaired) electrons. The number of likely N-dealkylation sites (tertiary alicyclic amines) is 1. The van der Waals surface area contributed by atoms with E-state index >= 15 is 0 Å². The summed E-state index contributed by atoms with van der Waals surface area (Å²) < 4.78 is 5.30. The predicted octanol–water partition coefficient (Wildman–Crippen LogP) is 3.25. The zero-order chi connectivity index (χ0) is 15.8. The first kappa shape index (κ1) is 15.8. The molecule has 1 aliphatic rings. The summed E-state index contributed by atoms with van der Waals surface area (Å²) in [6.07, 6.45) is -0.369. The van der Waals surface area contributed by atoms with Crippen molar-refractivity contribution in [2.24, 2.45) is 0 Å². The first-order chi connectivity index (χ1) is 9.61. The van der Waals surface area contributed by atoms with Crippen molar-refractivity contribution in [1.82, 2.24) is 4.90 Å². The van der Waals surface area contributed by atoms with E-state index in [1.807, 2.05) is 45.0 Å². The van der Waals surface area contributed by atoms with E-state index in [9.17, 15) is 9.90 Å². The predicted molar refractivity (Wildman–Crippen MR) is 82.2 cm³/mol. The number of carbonyl (C=O) groups excluding carboxylic acids is 1. The highest BCUT2D eigenvalue weighted by molar-refractivity contribution is 5.70. The second kappa shape index (κ2) is 5.34. The number of aliphatic hydroxyl groups is 1. The molecule has 1 fully saturated rings. The van der Waals surface area contributed by atoms with Gasteiger partial charge in [-0.25, -0.2) is 4.79 Å². The molecule has 0 aromatic heterocycles. The Kier molecular flexibility index (Phi) is 4.02. The van der Waals surface area contributed by atoms with Gasteiger partial charge in [0.25, 0.3) is 0 Å². The summed E-state index contributed by atoms with van der Waals surface area (Å²) in [6, 6.07) is 7.96. The molecule has 1 heterocycles. The number of β-amino-alcohol motifs (C(OH)–C–C–N with tert-alkyl or cyclic N) is 1. The van der Waals surface area contributed by atoms with Gasteiger partial charge >= 0.3 is 6.09 Å². The zero-order valence-electron chi connectivity index (χ0n) is 13.5. The highest BCUT2D eigenvalue weighted by atomic mass is 16.6. The number of ether oxygens (including phenoxy) is 1. The van der Waals surface area contributed by atoms with Crippen LogP contribution in [0.4, 0.5) is 4.79 Å². The minimum absolute atomic E-state index is 0.281. The van der Waals surface area contributed by atoms with Crippen LogP contribution in [0, 0.1) is 0 Å². The SMILES string of the molecule is CC(C)c1ccc(C2(O)CN(C(=O)OC(C)(C)C)C2)cc1. The molecule has 0 spiro atoms. The van der Waals surface area contributed by atoms with Crippen LogP contribution in [-0.2, 0) is 10.3 Å². The lowest BCUT2D eigenvalue weighted by Gasteiger charge is -2.46. The van der Waals surface area contributed by atoms with Gasteiger partial charge in [-0.1, -0.05) is 38.1 Å². The van der Waals surface area contributed by atoms with Crippen LogP contribution < -0.4 is 0 Å². The average Bonchev–Trinajstić information content (AvgIpc) is 2.33. The summed E-state index contributed by atoms with van der Waals surface area (Å²) in [7, 11) is 0. The van der Waals surface area contributed by atoms with Gasteiger partial charge in [0.15, 0.2) is 0 Å². The molecule has 1 amide bonds. The Hall–Kier alpha value is -1.55. The maximum absolute atomic E-state index is 11.9. The first-order valence-electron chi connectivity index (χ1n) is 7.41. The average molecular weight is 291 g/mol. The van der Waals surface area contributed by atoms with Crippen LogP contribution in [-0.4, -0.2) is 34.8 Å². The fourth-order valence-corrected chi connectivity index (χ4v) is 2.40. The highest BCUT2D eigenvalue weighted by Crippen LogP contribution is 2.33. The molecule has 1 aliphatic heterocycles. The molecular weight excluding hydrogens is 266 g/mol. The van der Waals surface area contributed by atoms with Gasteiger partial charge in [0.1, 0.15) is 11.2 Å². The molecule has 0 saturated carbocycles. The Morgan fingerprint density at radius 3 is 2.19 bits per heavy atom. The van der Waals surface area contributed by atoms with E-state index < -0.39 is 11.2 Å². The van der Waals surface area contributed by atoms with Crippen molar-refractivity contribution in [3.05, 3.63) is 35.4 Å². The summed E-state index contributed by atoms with van der Waals surface area (Å²) in [6.45, 7) is 10.3. The van der Waals surface area contributed by atoms with Crippen LogP contribution in [0.1, 0.15) is 51.7 Å². The van der Waals surface area contributed by atoms with Gasteiger partial charge in [0, 0.05) is 0 Å². The fourth-order valence-electron chi connectivity index (χ4n) is 2.40. The minimum atomic E-state index is -0.952. The Bertz CT molecular complexity index is 508. The summed E-state index contributed by atoms with van der Waals surface area (Å²) in [5.41, 5.74) is 0.633. The van der Waals surface area contributed by atoms with Gasteiger partial charge in [-0.3, -0.25) is 0 Å². The van der Waals surface area contributed by atoms with E-state index in [4.69, 9.17) is 4.74 Å². The molecule has 1 aromatic carbocycles. The molecule has 0 atom stereocenters. The Morgan fingerprint density at radius 2 is 1.76 bits per heavy atom. The molecule has 1 saturated heterocycles. The fraction of sp³-hybridized carbons (Fsp3) is 0.588. The summed E-state index contributed by atoms with van der Waals surface area (Å²) >= 11 is 0. The second-order valence-electron chi connectivity index (χ2n) is 7.14. The molecular formula is C17H25NO3. The zero-order valence-corrected chi connectivity index (χ0v) is 13.5. The highest BCUT2D eigenvalue weighted by Gasteiger charge is 2.46. The first-order valence-corrected chi connectivity index (χ1v) is 7.41. The molecule has 0 aliphatic carbocycles. The van der Waals surface area contributed by atoms with Crippen molar-refractivity contribution in [3.8, 4) is 0 Å². The van der Waals surface area contributed by atoms with Crippen LogP contribution in [0.15, 0.2) is 24.3 Å². The van der Waals surface area contributed by atoms with E-state index in [0.29, 0.717) is 5.92 Å². The molecule has 4 nitrogen and oxygen atoms in total. The molecule has 21 heavy (non-hydrogen) atoms. The number of nitrogens with zero attached hydrogens (tertiary/aromatic N) is 1. The number of hydrogen-bond acceptors (Lipinski definition) is 3. The summed E-state index contributed by atoms with van der Waals surface area (Å²) in [5.74, 6) is 0.466. The van der Waals surface area contributed by atoms with Crippen LogP contribution in [0.25, 0.3) is 0 Å². The van der Waals surface area contributed by atoms with E-state index in [-0.39, 0.29) is 19.2 Å².